The van der Waals surface area contributed by atoms with E-state index < -0.39 is 10.9 Å². The minimum Gasteiger partial charge on any atom is -0.493 e. The molecule has 0 aliphatic rings. The Morgan fingerprint density at radius 1 is 1.19 bits per heavy atom. The van der Waals surface area contributed by atoms with Gasteiger partial charge in [0.15, 0.2) is 11.5 Å². The molecule has 0 unspecified atom stereocenters. The molecule has 2 aromatic carbocycles. The quantitative estimate of drug-likeness (QED) is 0.259. The third-order valence-electron chi connectivity index (χ3n) is 3.46. The number of carbonyl (C=O) groups is 1. The van der Waals surface area contributed by atoms with E-state index >= 15 is 0 Å². The van der Waals surface area contributed by atoms with Crippen molar-refractivity contribution in [2.75, 3.05) is 7.11 Å². The van der Waals surface area contributed by atoms with E-state index in [4.69, 9.17) is 13.9 Å². The molecule has 3 aromatic rings. The van der Waals surface area contributed by atoms with Gasteiger partial charge in [-0.15, -0.1) is 0 Å². The number of furan rings is 1. The van der Waals surface area contributed by atoms with Crippen LogP contribution in [-0.2, 0) is 0 Å². The summed E-state index contributed by atoms with van der Waals surface area (Å²) in [4.78, 5) is 22.2. The molecule has 0 atom stereocenters. The summed E-state index contributed by atoms with van der Waals surface area (Å²) in [5.41, 5.74) is 1.10. The van der Waals surface area contributed by atoms with Gasteiger partial charge in [0.1, 0.15) is 5.58 Å². The van der Waals surface area contributed by atoms with Gasteiger partial charge >= 0.3 is 5.97 Å². The molecule has 0 saturated carbocycles. The molecule has 0 N–H and O–H groups in total. The van der Waals surface area contributed by atoms with E-state index in [9.17, 15) is 14.9 Å². The average molecular weight is 418 g/mol. The Kier molecular flexibility index (Phi) is 5.04. The molecule has 0 bridgehead atoms. The van der Waals surface area contributed by atoms with Crippen molar-refractivity contribution in [3.05, 3.63) is 74.6 Å². The lowest BCUT2D eigenvalue weighted by molar-refractivity contribution is -0.400. The van der Waals surface area contributed by atoms with E-state index in [0.29, 0.717) is 11.1 Å². The van der Waals surface area contributed by atoms with Crippen LogP contribution < -0.4 is 9.47 Å². The first-order valence-corrected chi connectivity index (χ1v) is 8.16. The molecule has 0 radical (unpaired) electrons. The fourth-order valence-electron chi connectivity index (χ4n) is 2.28. The second-order valence-corrected chi connectivity index (χ2v) is 6.11. The number of methoxy groups -OCH3 is 1. The van der Waals surface area contributed by atoms with E-state index in [1.54, 1.807) is 24.3 Å². The van der Waals surface area contributed by atoms with Crippen molar-refractivity contribution in [3.8, 4) is 11.5 Å². The van der Waals surface area contributed by atoms with Gasteiger partial charge in [-0.2, -0.15) is 0 Å². The van der Waals surface area contributed by atoms with Gasteiger partial charge in [-0.05, 0) is 42.0 Å². The molecule has 0 amide bonds. The number of rotatable bonds is 5. The molecule has 26 heavy (non-hydrogen) atoms. The average Bonchev–Trinajstić information content (AvgIpc) is 3.04. The largest absolute Gasteiger partial charge is 0.493 e. The Labute approximate surface area is 156 Å². The van der Waals surface area contributed by atoms with Crippen LogP contribution in [-0.4, -0.2) is 18.0 Å². The van der Waals surface area contributed by atoms with E-state index in [1.807, 2.05) is 6.07 Å². The van der Waals surface area contributed by atoms with Gasteiger partial charge in [0.05, 0.1) is 12.0 Å². The van der Waals surface area contributed by atoms with Gasteiger partial charge in [-0.3, -0.25) is 10.1 Å². The van der Waals surface area contributed by atoms with Gasteiger partial charge in [0.25, 0.3) is 0 Å². The smallest absolute Gasteiger partial charge is 0.379 e. The van der Waals surface area contributed by atoms with Crippen LogP contribution in [0.15, 0.2) is 57.6 Å². The number of carbonyl (C=O) groups excluding carboxylic acids is 1. The Bertz CT molecular complexity index is 1020. The molecule has 7 nitrogen and oxygen atoms in total. The first-order valence-electron chi connectivity index (χ1n) is 7.37. The summed E-state index contributed by atoms with van der Waals surface area (Å²) in [7, 11) is 1.41. The van der Waals surface area contributed by atoms with E-state index in [2.05, 4.69) is 15.9 Å². The molecule has 1 heterocycles. The monoisotopic (exact) mass is 417 g/mol. The fraction of sp³-hybridized carbons (Fsp3) is 0.0556. The number of benzene rings is 2. The SMILES string of the molecule is COc1cc(/C=C/[N+](=O)[O-])ccc1OC(=O)c1cc2cc(Br)ccc2o1. The van der Waals surface area contributed by atoms with Crippen LogP contribution in [0.3, 0.4) is 0 Å². The van der Waals surface area contributed by atoms with Crippen molar-refractivity contribution in [3.63, 3.8) is 0 Å². The molecular weight excluding hydrogens is 406 g/mol. The van der Waals surface area contributed by atoms with Crippen molar-refractivity contribution >= 4 is 38.9 Å². The molecule has 3 rings (SSSR count). The third-order valence-corrected chi connectivity index (χ3v) is 3.95. The van der Waals surface area contributed by atoms with E-state index in [1.165, 1.54) is 25.3 Å². The van der Waals surface area contributed by atoms with Crippen LogP contribution >= 0.6 is 15.9 Å². The van der Waals surface area contributed by atoms with Gasteiger partial charge < -0.3 is 13.9 Å². The predicted octanol–water partition coefficient (Wildman–Crippen LogP) is 4.67. The maximum atomic E-state index is 12.4. The maximum absolute atomic E-state index is 12.4. The molecule has 0 fully saturated rings. The summed E-state index contributed by atoms with van der Waals surface area (Å²) in [5.74, 6) is -0.179. The van der Waals surface area contributed by atoms with E-state index in [0.717, 1.165) is 16.1 Å². The van der Waals surface area contributed by atoms with Crippen LogP contribution in [0.5, 0.6) is 11.5 Å². The van der Waals surface area contributed by atoms with Crippen molar-refractivity contribution in [1.82, 2.24) is 0 Å². The second-order valence-electron chi connectivity index (χ2n) is 5.19. The fourth-order valence-corrected chi connectivity index (χ4v) is 2.66. The zero-order chi connectivity index (χ0) is 18.7. The molecule has 0 saturated heterocycles. The lowest BCUT2D eigenvalue weighted by atomic mass is 10.2. The third kappa shape index (κ3) is 3.92. The number of hydrogen-bond donors (Lipinski definition) is 0. The van der Waals surface area contributed by atoms with Gasteiger partial charge in [-0.25, -0.2) is 4.79 Å². The number of hydrogen-bond acceptors (Lipinski definition) is 6. The molecule has 0 aliphatic carbocycles. The minimum atomic E-state index is -0.677. The van der Waals surface area contributed by atoms with Crippen LogP contribution in [0, 0.1) is 10.1 Å². The molecule has 0 aliphatic heterocycles. The molecule has 8 heteroatoms. The van der Waals surface area contributed by atoms with Gasteiger partial charge in [0.2, 0.25) is 12.0 Å². The Hall–Kier alpha value is -3.13. The van der Waals surface area contributed by atoms with Crippen molar-refractivity contribution in [2.45, 2.75) is 0 Å². The highest BCUT2D eigenvalue weighted by molar-refractivity contribution is 9.10. The van der Waals surface area contributed by atoms with Crippen molar-refractivity contribution < 1.29 is 23.6 Å². The zero-order valence-corrected chi connectivity index (χ0v) is 15.1. The Balaban J connectivity index is 1.84. The number of nitrogens with zero attached hydrogens (tertiary/aromatic N) is 1. The summed E-state index contributed by atoms with van der Waals surface area (Å²) >= 11 is 3.36. The number of fused-ring (bicyclic) bond motifs is 1. The summed E-state index contributed by atoms with van der Waals surface area (Å²) < 4.78 is 16.9. The number of ether oxygens (including phenoxy) is 2. The lowest BCUT2D eigenvalue weighted by Crippen LogP contribution is -2.08. The molecular formula is C18H12BrNO6. The van der Waals surface area contributed by atoms with Crippen LogP contribution in [0.4, 0.5) is 0 Å². The van der Waals surface area contributed by atoms with Crippen LogP contribution in [0.1, 0.15) is 16.1 Å². The van der Waals surface area contributed by atoms with Gasteiger partial charge in [-0.1, -0.05) is 22.0 Å². The highest BCUT2D eigenvalue weighted by Crippen LogP contribution is 2.30. The van der Waals surface area contributed by atoms with Crippen molar-refractivity contribution in [2.24, 2.45) is 0 Å². The van der Waals surface area contributed by atoms with Crippen molar-refractivity contribution in [1.29, 1.82) is 0 Å². The first-order chi connectivity index (χ1) is 12.5. The first kappa shape index (κ1) is 17.7. The molecule has 1 aromatic heterocycles. The number of esters is 1. The highest BCUT2D eigenvalue weighted by atomic mass is 79.9. The summed E-state index contributed by atoms with van der Waals surface area (Å²) in [6, 6.07) is 11.6. The minimum absolute atomic E-state index is 0.0532. The highest BCUT2D eigenvalue weighted by Gasteiger charge is 2.17. The normalized spacial score (nSPS) is 11.0. The molecule has 132 valence electrons. The van der Waals surface area contributed by atoms with Crippen LogP contribution in [0.2, 0.25) is 0 Å². The predicted molar refractivity (Wildman–Crippen MR) is 97.9 cm³/mol. The Morgan fingerprint density at radius 3 is 2.73 bits per heavy atom. The van der Waals surface area contributed by atoms with E-state index in [-0.39, 0.29) is 17.3 Å². The summed E-state index contributed by atoms with van der Waals surface area (Å²) in [5, 5.41) is 11.2. The zero-order valence-electron chi connectivity index (χ0n) is 13.5. The topological polar surface area (TPSA) is 91.8 Å². The molecule has 0 spiro atoms. The number of halogens is 1. The lowest BCUT2D eigenvalue weighted by Gasteiger charge is -2.08. The standard InChI is InChI=1S/C18H12BrNO6/c1-24-16-8-11(6-7-20(22)23)2-4-15(16)26-18(21)17-10-12-9-13(19)3-5-14(12)25-17/h2-10H,1H3/b7-6+. The Morgan fingerprint density at radius 2 is 2.00 bits per heavy atom. The summed E-state index contributed by atoms with van der Waals surface area (Å²) in [6.45, 7) is 0. The van der Waals surface area contributed by atoms with Gasteiger partial charge in [0, 0.05) is 15.9 Å². The number of nitro groups is 1. The second kappa shape index (κ2) is 7.40. The van der Waals surface area contributed by atoms with Crippen LogP contribution in [0.25, 0.3) is 17.0 Å². The maximum Gasteiger partial charge on any atom is 0.379 e. The summed E-state index contributed by atoms with van der Waals surface area (Å²) in [6.07, 6.45) is 2.12.